The van der Waals surface area contributed by atoms with E-state index in [1.165, 1.54) is 45.3 Å². The molecule has 0 aromatic rings. The van der Waals surface area contributed by atoms with Crippen LogP contribution in [0.5, 0.6) is 0 Å². The molecule has 2 fully saturated rings. The number of hydrogen-bond acceptors (Lipinski definition) is 3. The maximum atomic E-state index is 9.94. The van der Waals surface area contributed by atoms with Crippen LogP contribution in [-0.4, -0.2) is 47.8 Å². The first-order chi connectivity index (χ1) is 7.54. The molecule has 0 unspecified atom stereocenters. The van der Waals surface area contributed by atoms with E-state index in [9.17, 15) is 5.11 Å². The molecule has 1 saturated carbocycles. The number of nitrogens with one attached hydrogen (secondary N) is 1. The zero-order chi connectivity index (χ0) is 11.6. The number of rotatable bonds is 5. The first kappa shape index (κ1) is 12.3. The van der Waals surface area contributed by atoms with Gasteiger partial charge < -0.3 is 10.4 Å². The van der Waals surface area contributed by atoms with Crippen molar-refractivity contribution in [2.24, 2.45) is 5.92 Å². The molecule has 2 aliphatic rings. The van der Waals surface area contributed by atoms with Gasteiger partial charge in [0.2, 0.25) is 0 Å². The molecule has 0 aromatic heterocycles. The molecule has 1 saturated heterocycles. The maximum absolute atomic E-state index is 9.94. The Bertz CT molecular complexity index is 214. The van der Waals surface area contributed by atoms with E-state index >= 15 is 0 Å². The van der Waals surface area contributed by atoms with Gasteiger partial charge in [-0.25, -0.2) is 0 Å². The summed E-state index contributed by atoms with van der Waals surface area (Å²) in [6.07, 6.45) is 5.27. The lowest BCUT2D eigenvalue weighted by atomic mass is 9.96. The molecule has 2 N–H and O–H groups in total. The van der Waals surface area contributed by atoms with Crippen LogP contribution in [0.1, 0.15) is 39.5 Å². The Morgan fingerprint density at radius 2 is 1.81 bits per heavy atom. The van der Waals surface area contributed by atoms with Crippen molar-refractivity contribution in [1.82, 2.24) is 10.2 Å². The molecule has 94 valence electrons. The second-order valence-electron chi connectivity index (χ2n) is 6.17. The van der Waals surface area contributed by atoms with E-state index in [0.29, 0.717) is 0 Å². The molecule has 3 heteroatoms. The third-order valence-electron chi connectivity index (χ3n) is 3.60. The summed E-state index contributed by atoms with van der Waals surface area (Å²) in [5, 5.41) is 13.4. The Morgan fingerprint density at radius 3 is 2.31 bits per heavy atom. The van der Waals surface area contributed by atoms with E-state index in [-0.39, 0.29) is 0 Å². The molecule has 1 aliphatic carbocycles. The van der Waals surface area contributed by atoms with Gasteiger partial charge in [0.1, 0.15) is 0 Å². The number of piperidine rings is 1. The Morgan fingerprint density at radius 1 is 1.19 bits per heavy atom. The average Bonchev–Trinajstić information content (AvgIpc) is 2.99. The molecule has 2 rings (SSSR count). The van der Waals surface area contributed by atoms with Gasteiger partial charge in [-0.15, -0.1) is 0 Å². The number of aliphatic hydroxyl groups is 1. The lowest BCUT2D eigenvalue weighted by Gasteiger charge is -2.33. The van der Waals surface area contributed by atoms with Gasteiger partial charge in [-0.3, -0.25) is 4.90 Å². The highest BCUT2D eigenvalue weighted by Gasteiger charge is 2.33. The van der Waals surface area contributed by atoms with Crippen LogP contribution in [0.15, 0.2) is 0 Å². The molecule has 0 aromatic carbocycles. The Hall–Kier alpha value is -0.120. The van der Waals surface area contributed by atoms with E-state index in [1.54, 1.807) is 0 Å². The summed E-state index contributed by atoms with van der Waals surface area (Å²) in [5.41, 5.74) is -0.546. The van der Waals surface area contributed by atoms with Crippen LogP contribution in [0.2, 0.25) is 0 Å². The normalized spacial score (nSPS) is 24.0. The van der Waals surface area contributed by atoms with Gasteiger partial charge in [0.25, 0.3) is 0 Å². The highest BCUT2D eigenvalue weighted by Crippen LogP contribution is 2.30. The second-order valence-corrected chi connectivity index (χ2v) is 6.17. The quantitative estimate of drug-likeness (QED) is 0.740. The van der Waals surface area contributed by atoms with Gasteiger partial charge in [-0.2, -0.15) is 0 Å². The van der Waals surface area contributed by atoms with Crippen LogP contribution in [0, 0.1) is 5.92 Å². The lowest BCUT2D eigenvalue weighted by Crippen LogP contribution is -2.44. The molecule has 1 heterocycles. The first-order valence-corrected chi connectivity index (χ1v) is 6.72. The molecule has 0 radical (unpaired) electrons. The van der Waals surface area contributed by atoms with Crippen molar-refractivity contribution in [3.05, 3.63) is 0 Å². The fourth-order valence-electron chi connectivity index (χ4n) is 2.68. The van der Waals surface area contributed by atoms with Crippen molar-refractivity contribution in [2.45, 2.75) is 51.2 Å². The van der Waals surface area contributed by atoms with Crippen LogP contribution < -0.4 is 5.32 Å². The summed E-state index contributed by atoms with van der Waals surface area (Å²) in [6.45, 7) is 8.21. The smallest absolute Gasteiger partial charge is 0.0718 e. The zero-order valence-corrected chi connectivity index (χ0v) is 10.7. The van der Waals surface area contributed by atoms with Crippen LogP contribution in [0.3, 0.4) is 0 Å². The Balaban J connectivity index is 1.82. The standard InChI is InChI=1S/C13H26N2O/c1-13(2,16)10-15(12-3-4-12)9-11-5-7-14-8-6-11/h11-12,14,16H,3-10H2,1-2H3. The second kappa shape index (κ2) is 5.03. The van der Waals surface area contributed by atoms with Crippen molar-refractivity contribution < 1.29 is 5.11 Å². The molecular formula is C13H26N2O. The van der Waals surface area contributed by atoms with Gasteiger partial charge in [-0.05, 0) is 58.5 Å². The van der Waals surface area contributed by atoms with Crippen molar-refractivity contribution >= 4 is 0 Å². The number of nitrogens with zero attached hydrogens (tertiary/aromatic N) is 1. The highest BCUT2D eigenvalue weighted by atomic mass is 16.3. The van der Waals surface area contributed by atoms with Gasteiger partial charge in [0, 0.05) is 19.1 Å². The summed E-state index contributed by atoms with van der Waals surface area (Å²) in [4.78, 5) is 2.52. The average molecular weight is 226 g/mol. The van der Waals surface area contributed by atoms with E-state index in [1.807, 2.05) is 13.8 Å². The van der Waals surface area contributed by atoms with Crippen molar-refractivity contribution in [1.29, 1.82) is 0 Å². The summed E-state index contributed by atoms with van der Waals surface area (Å²) in [5.74, 6) is 0.837. The molecule has 0 amide bonds. The van der Waals surface area contributed by atoms with Gasteiger partial charge in [-0.1, -0.05) is 0 Å². The predicted octanol–water partition coefficient (Wildman–Crippen LogP) is 1.22. The van der Waals surface area contributed by atoms with Gasteiger partial charge in [0.15, 0.2) is 0 Å². The number of hydrogen-bond donors (Lipinski definition) is 2. The highest BCUT2D eigenvalue weighted by molar-refractivity contribution is 4.89. The molecule has 0 spiro atoms. The third-order valence-corrected chi connectivity index (χ3v) is 3.60. The Labute approximate surface area is 99.2 Å². The minimum Gasteiger partial charge on any atom is -0.389 e. The van der Waals surface area contributed by atoms with Gasteiger partial charge >= 0.3 is 0 Å². The van der Waals surface area contributed by atoms with Crippen LogP contribution in [0.4, 0.5) is 0 Å². The predicted molar refractivity (Wildman–Crippen MR) is 66.5 cm³/mol. The summed E-state index contributed by atoms with van der Waals surface area (Å²) < 4.78 is 0. The monoisotopic (exact) mass is 226 g/mol. The Kier molecular flexibility index (Phi) is 3.88. The fourth-order valence-corrected chi connectivity index (χ4v) is 2.68. The molecule has 0 bridgehead atoms. The van der Waals surface area contributed by atoms with Gasteiger partial charge in [0.05, 0.1) is 5.60 Å². The SMILES string of the molecule is CC(C)(O)CN(CC1CCNCC1)C1CC1. The van der Waals surface area contributed by atoms with Crippen LogP contribution in [-0.2, 0) is 0 Å². The van der Waals surface area contributed by atoms with E-state index in [2.05, 4.69) is 10.2 Å². The minimum absolute atomic E-state index is 0.546. The minimum atomic E-state index is -0.546. The third kappa shape index (κ3) is 4.04. The largest absolute Gasteiger partial charge is 0.389 e. The zero-order valence-electron chi connectivity index (χ0n) is 10.7. The summed E-state index contributed by atoms with van der Waals surface area (Å²) in [7, 11) is 0. The van der Waals surface area contributed by atoms with Crippen molar-refractivity contribution in [3.8, 4) is 0 Å². The van der Waals surface area contributed by atoms with Crippen LogP contribution >= 0.6 is 0 Å². The topological polar surface area (TPSA) is 35.5 Å². The molecule has 1 aliphatic heterocycles. The maximum Gasteiger partial charge on any atom is 0.0718 e. The summed E-state index contributed by atoms with van der Waals surface area (Å²) in [6, 6.07) is 0.765. The van der Waals surface area contributed by atoms with E-state index < -0.39 is 5.60 Å². The molecule has 3 nitrogen and oxygen atoms in total. The molecule has 16 heavy (non-hydrogen) atoms. The van der Waals surface area contributed by atoms with E-state index in [0.717, 1.165) is 18.5 Å². The first-order valence-electron chi connectivity index (χ1n) is 6.72. The van der Waals surface area contributed by atoms with Crippen LogP contribution in [0.25, 0.3) is 0 Å². The van der Waals surface area contributed by atoms with E-state index in [4.69, 9.17) is 0 Å². The summed E-state index contributed by atoms with van der Waals surface area (Å²) >= 11 is 0. The molecule has 0 atom stereocenters. The fraction of sp³-hybridized carbons (Fsp3) is 1.00. The molecular weight excluding hydrogens is 200 g/mol. The lowest BCUT2D eigenvalue weighted by molar-refractivity contribution is 0.0261. The van der Waals surface area contributed by atoms with Crippen molar-refractivity contribution in [3.63, 3.8) is 0 Å². The van der Waals surface area contributed by atoms with Crippen molar-refractivity contribution in [2.75, 3.05) is 26.2 Å².